The number of aliphatic hydroxyl groups is 1. The number of carbonyl (C=O) groups excluding carboxylic acids is 1. The first-order valence-corrected chi connectivity index (χ1v) is 5.77. The van der Waals surface area contributed by atoms with Crippen LogP contribution < -0.4 is 5.32 Å². The monoisotopic (exact) mass is 260 g/mol. The van der Waals surface area contributed by atoms with E-state index in [4.69, 9.17) is 5.11 Å². The molecule has 7 heteroatoms. The van der Waals surface area contributed by atoms with E-state index in [-0.39, 0.29) is 18.2 Å². The van der Waals surface area contributed by atoms with Gasteiger partial charge in [0.15, 0.2) is 5.69 Å². The molecule has 0 aliphatic heterocycles. The van der Waals surface area contributed by atoms with E-state index in [0.717, 1.165) is 11.5 Å². The maximum Gasteiger partial charge on any atom is 0.278 e. The highest BCUT2D eigenvalue weighted by Crippen LogP contribution is 2.07. The van der Waals surface area contributed by atoms with E-state index in [1.165, 1.54) is 6.20 Å². The van der Waals surface area contributed by atoms with Gasteiger partial charge in [-0.3, -0.25) is 4.79 Å². The second-order valence-corrected chi connectivity index (χ2v) is 3.74. The summed E-state index contributed by atoms with van der Waals surface area (Å²) in [6.07, 6.45) is 1.52. The third kappa shape index (κ3) is 3.10. The van der Waals surface area contributed by atoms with E-state index in [1.54, 1.807) is 17.5 Å². The number of pyridine rings is 1. The predicted molar refractivity (Wildman–Crippen MR) is 66.1 cm³/mol. The average molecular weight is 260 g/mol. The van der Waals surface area contributed by atoms with Crippen LogP contribution in [0.5, 0.6) is 0 Å². The quantitative estimate of drug-likeness (QED) is 0.769. The Labute approximate surface area is 107 Å². The van der Waals surface area contributed by atoms with Crippen LogP contribution in [0.15, 0.2) is 23.7 Å². The van der Waals surface area contributed by atoms with Crippen LogP contribution in [-0.4, -0.2) is 32.2 Å². The topological polar surface area (TPSA) is 88.0 Å². The second kappa shape index (κ2) is 5.86. The molecular weight excluding hydrogens is 252 g/mol. The van der Waals surface area contributed by atoms with E-state index in [2.05, 4.69) is 31.7 Å². The lowest BCUT2D eigenvalue weighted by Crippen LogP contribution is -2.13. The van der Waals surface area contributed by atoms with Crippen LogP contribution in [0.3, 0.4) is 0 Å². The third-order valence-corrected chi connectivity index (χ3v) is 2.41. The Morgan fingerprint density at radius 3 is 3.17 bits per heavy atom. The van der Waals surface area contributed by atoms with Crippen LogP contribution in [0, 0.1) is 11.8 Å². The van der Waals surface area contributed by atoms with Crippen molar-refractivity contribution in [3.05, 3.63) is 35.0 Å². The van der Waals surface area contributed by atoms with Crippen molar-refractivity contribution in [3.8, 4) is 11.8 Å². The number of nitrogens with zero attached hydrogens (tertiary/aromatic N) is 3. The van der Waals surface area contributed by atoms with Crippen LogP contribution in [0.2, 0.25) is 0 Å². The van der Waals surface area contributed by atoms with Gasteiger partial charge in [0.25, 0.3) is 5.91 Å². The van der Waals surface area contributed by atoms with E-state index in [1.807, 2.05) is 0 Å². The van der Waals surface area contributed by atoms with Crippen molar-refractivity contribution in [2.45, 2.75) is 0 Å². The Morgan fingerprint density at radius 2 is 2.44 bits per heavy atom. The van der Waals surface area contributed by atoms with Gasteiger partial charge in [0, 0.05) is 17.1 Å². The maximum absolute atomic E-state index is 11.7. The molecule has 2 aromatic heterocycles. The molecule has 0 unspecified atom stereocenters. The Kier molecular flexibility index (Phi) is 3.96. The number of rotatable bonds is 2. The van der Waals surface area contributed by atoms with Crippen molar-refractivity contribution in [3.63, 3.8) is 0 Å². The number of anilines is 1. The molecule has 0 fully saturated rings. The normalized spacial score (nSPS) is 9.39. The highest BCUT2D eigenvalue weighted by molar-refractivity contribution is 7.03. The largest absolute Gasteiger partial charge is 0.384 e. The summed E-state index contributed by atoms with van der Waals surface area (Å²) >= 11 is 1.10. The van der Waals surface area contributed by atoms with Gasteiger partial charge >= 0.3 is 0 Å². The first kappa shape index (κ1) is 12.2. The molecule has 2 heterocycles. The summed E-state index contributed by atoms with van der Waals surface area (Å²) in [6.45, 7) is -0.214. The Hall–Kier alpha value is -2.30. The third-order valence-electron chi connectivity index (χ3n) is 1.91. The van der Waals surface area contributed by atoms with Gasteiger partial charge in [-0.1, -0.05) is 16.3 Å². The molecule has 2 rings (SSSR count). The van der Waals surface area contributed by atoms with Gasteiger partial charge in [-0.15, -0.1) is 5.10 Å². The molecule has 0 radical (unpaired) electrons. The Bertz CT molecular complexity index is 601. The summed E-state index contributed by atoms with van der Waals surface area (Å²) < 4.78 is 3.60. The van der Waals surface area contributed by atoms with Crippen LogP contribution in [0.1, 0.15) is 16.1 Å². The van der Waals surface area contributed by atoms with Crippen molar-refractivity contribution in [2.24, 2.45) is 0 Å². The zero-order chi connectivity index (χ0) is 12.8. The number of hydrogen-bond donors (Lipinski definition) is 2. The molecule has 0 atom stereocenters. The molecular formula is C11H8N4O2S. The van der Waals surface area contributed by atoms with Crippen LogP contribution in [0.4, 0.5) is 5.82 Å². The van der Waals surface area contributed by atoms with Gasteiger partial charge in [-0.05, 0) is 23.7 Å². The lowest BCUT2D eigenvalue weighted by molar-refractivity contribution is 0.102. The fraction of sp³-hybridized carbons (Fsp3) is 0.0909. The number of aromatic nitrogens is 3. The summed E-state index contributed by atoms with van der Waals surface area (Å²) in [6, 6.07) is 3.29. The Balaban J connectivity index is 2.12. The molecule has 0 aliphatic rings. The lowest BCUT2D eigenvalue weighted by atomic mass is 10.2. The molecule has 0 saturated carbocycles. The smallest absolute Gasteiger partial charge is 0.278 e. The molecule has 18 heavy (non-hydrogen) atoms. The number of nitrogens with one attached hydrogen (secondary N) is 1. The lowest BCUT2D eigenvalue weighted by Gasteiger charge is -2.01. The van der Waals surface area contributed by atoms with Gasteiger partial charge in [0.1, 0.15) is 12.4 Å². The summed E-state index contributed by atoms with van der Waals surface area (Å²) in [5.41, 5.74) is 0.902. The van der Waals surface area contributed by atoms with E-state index in [9.17, 15) is 4.79 Å². The van der Waals surface area contributed by atoms with E-state index < -0.39 is 0 Å². The average Bonchev–Trinajstić information content (AvgIpc) is 2.91. The van der Waals surface area contributed by atoms with Crippen LogP contribution >= 0.6 is 11.5 Å². The molecule has 90 valence electrons. The molecule has 0 aromatic carbocycles. The van der Waals surface area contributed by atoms with Gasteiger partial charge in [0.05, 0.1) is 0 Å². The molecule has 2 aromatic rings. The first-order chi connectivity index (χ1) is 8.79. The van der Waals surface area contributed by atoms with Gasteiger partial charge in [-0.2, -0.15) is 0 Å². The minimum Gasteiger partial charge on any atom is -0.384 e. The summed E-state index contributed by atoms with van der Waals surface area (Å²) in [4.78, 5) is 15.7. The molecule has 0 bridgehead atoms. The van der Waals surface area contributed by atoms with Crippen molar-refractivity contribution in [2.75, 3.05) is 11.9 Å². The van der Waals surface area contributed by atoms with Gasteiger partial charge in [0.2, 0.25) is 0 Å². The van der Waals surface area contributed by atoms with Crippen molar-refractivity contribution >= 4 is 23.3 Å². The highest BCUT2D eigenvalue weighted by atomic mass is 32.1. The highest BCUT2D eigenvalue weighted by Gasteiger charge is 2.09. The zero-order valence-corrected chi connectivity index (χ0v) is 9.94. The van der Waals surface area contributed by atoms with Crippen molar-refractivity contribution < 1.29 is 9.90 Å². The molecule has 1 amide bonds. The van der Waals surface area contributed by atoms with Crippen LogP contribution in [0.25, 0.3) is 0 Å². The van der Waals surface area contributed by atoms with E-state index >= 15 is 0 Å². The molecule has 0 saturated heterocycles. The fourth-order valence-electron chi connectivity index (χ4n) is 1.16. The molecule has 2 N–H and O–H groups in total. The SMILES string of the molecule is O=C(Nc1cc(C#CCO)ccn1)c1csnn1. The van der Waals surface area contributed by atoms with Gasteiger partial charge < -0.3 is 10.4 Å². The maximum atomic E-state index is 11.7. The molecule has 6 nitrogen and oxygen atoms in total. The number of amides is 1. The minimum atomic E-state index is -0.372. The van der Waals surface area contributed by atoms with Crippen LogP contribution in [-0.2, 0) is 0 Å². The van der Waals surface area contributed by atoms with Crippen molar-refractivity contribution in [1.82, 2.24) is 14.6 Å². The summed E-state index contributed by atoms with van der Waals surface area (Å²) in [5.74, 6) is 5.24. The van der Waals surface area contributed by atoms with Crippen molar-refractivity contribution in [1.29, 1.82) is 0 Å². The predicted octanol–water partition coefficient (Wildman–Crippen LogP) is 0.529. The van der Waals surface area contributed by atoms with Gasteiger partial charge in [-0.25, -0.2) is 4.98 Å². The Morgan fingerprint density at radius 1 is 1.56 bits per heavy atom. The number of hydrogen-bond acceptors (Lipinski definition) is 6. The minimum absolute atomic E-state index is 0.214. The summed E-state index contributed by atoms with van der Waals surface area (Å²) in [5, 5.41) is 16.4. The molecule has 0 aliphatic carbocycles. The fourth-order valence-corrected chi connectivity index (χ4v) is 1.60. The number of aliphatic hydroxyl groups excluding tert-OH is 1. The molecule has 0 spiro atoms. The first-order valence-electron chi connectivity index (χ1n) is 4.94. The number of carbonyl (C=O) groups is 1. The van der Waals surface area contributed by atoms with E-state index in [0.29, 0.717) is 11.4 Å². The second-order valence-electron chi connectivity index (χ2n) is 3.13. The zero-order valence-electron chi connectivity index (χ0n) is 9.12. The standard InChI is InChI=1S/C11H8N4O2S/c16-5-1-2-8-3-4-12-10(6-8)13-11(17)9-7-18-15-14-9/h3-4,6-7,16H,5H2,(H,12,13,17). The summed E-state index contributed by atoms with van der Waals surface area (Å²) in [7, 11) is 0.